The van der Waals surface area contributed by atoms with Gasteiger partial charge in [0.2, 0.25) is 0 Å². The summed E-state index contributed by atoms with van der Waals surface area (Å²) in [7, 11) is 0. The van der Waals surface area contributed by atoms with E-state index in [-0.39, 0.29) is 0 Å². The van der Waals surface area contributed by atoms with E-state index in [1.165, 1.54) is 16.7 Å². The highest BCUT2D eigenvalue weighted by Crippen LogP contribution is 2.19. The van der Waals surface area contributed by atoms with Gasteiger partial charge in [0.25, 0.3) is 0 Å². The van der Waals surface area contributed by atoms with Gasteiger partial charge >= 0.3 is 0 Å². The first-order valence-electron chi connectivity index (χ1n) is 5.89. The highest BCUT2D eigenvalue weighted by molar-refractivity contribution is 5.63. The van der Waals surface area contributed by atoms with Crippen molar-refractivity contribution in [1.82, 2.24) is 4.98 Å². The summed E-state index contributed by atoms with van der Waals surface area (Å²) in [5.74, 6) is 0. The Labute approximate surface area is 98.2 Å². The molecule has 2 rings (SSSR count). The van der Waals surface area contributed by atoms with Gasteiger partial charge in [-0.25, -0.2) is 0 Å². The summed E-state index contributed by atoms with van der Waals surface area (Å²) in [5.41, 5.74) is 3.88. The second-order valence-corrected chi connectivity index (χ2v) is 3.29. The predicted octanol–water partition coefficient (Wildman–Crippen LogP) is 4.34. The largest absolute Gasteiger partial charge is 0.265 e. The van der Waals surface area contributed by atoms with Gasteiger partial charge in [-0.05, 0) is 35.2 Å². The first-order valence-corrected chi connectivity index (χ1v) is 5.89. The minimum absolute atomic E-state index is 1.08. The third-order valence-electron chi connectivity index (χ3n) is 2.35. The molecule has 0 amide bonds. The Morgan fingerprint density at radius 1 is 0.938 bits per heavy atom. The van der Waals surface area contributed by atoms with Gasteiger partial charge in [0.1, 0.15) is 0 Å². The van der Waals surface area contributed by atoms with Crippen molar-refractivity contribution in [2.24, 2.45) is 0 Å². The van der Waals surface area contributed by atoms with Gasteiger partial charge in [-0.3, -0.25) is 4.98 Å². The fourth-order valence-corrected chi connectivity index (χ4v) is 1.52. The van der Waals surface area contributed by atoms with E-state index >= 15 is 0 Å². The minimum atomic E-state index is 1.08. The van der Waals surface area contributed by atoms with Crippen LogP contribution < -0.4 is 0 Å². The second-order valence-electron chi connectivity index (χ2n) is 3.29. The normalized spacial score (nSPS) is 9.19. The van der Waals surface area contributed by atoms with Crippen molar-refractivity contribution in [3.63, 3.8) is 0 Å². The maximum Gasteiger partial charge on any atom is 0.0273 e. The summed E-state index contributed by atoms with van der Waals surface area (Å²) in [5, 5.41) is 0. The molecule has 16 heavy (non-hydrogen) atoms. The average molecular weight is 213 g/mol. The van der Waals surface area contributed by atoms with E-state index in [1.807, 2.05) is 38.4 Å². The van der Waals surface area contributed by atoms with Crippen molar-refractivity contribution in [3.8, 4) is 11.1 Å². The van der Waals surface area contributed by atoms with E-state index in [1.54, 1.807) is 0 Å². The molecule has 0 spiro atoms. The van der Waals surface area contributed by atoms with Crippen LogP contribution in [0.1, 0.15) is 26.3 Å². The third kappa shape index (κ3) is 3.20. The van der Waals surface area contributed by atoms with E-state index in [0.717, 1.165) is 6.42 Å². The van der Waals surface area contributed by atoms with Crippen LogP contribution in [-0.4, -0.2) is 4.98 Å². The van der Waals surface area contributed by atoms with Gasteiger partial charge in [-0.2, -0.15) is 0 Å². The lowest BCUT2D eigenvalue weighted by Crippen LogP contribution is -1.82. The molecule has 0 aliphatic heterocycles. The maximum atomic E-state index is 4.01. The number of aryl methyl sites for hydroxylation is 1. The van der Waals surface area contributed by atoms with E-state index < -0.39 is 0 Å². The van der Waals surface area contributed by atoms with Crippen molar-refractivity contribution in [3.05, 3.63) is 54.4 Å². The Hall–Kier alpha value is -1.63. The summed E-state index contributed by atoms with van der Waals surface area (Å²) >= 11 is 0. The average Bonchev–Trinajstić information content (AvgIpc) is 2.42. The van der Waals surface area contributed by atoms with Crippen molar-refractivity contribution in [2.75, 3.05) is 0 Å². The van der Waals surface area contributed by atoms with Crippen LogP contribution in [0.4, 0.5) is 0 Å². The number of nitrogens with zero attached hydrogens (tertiary/aromatic N) is 1. The quantitative estimate of drug-likeness (QED) is 0.723. The van der Waals surface area contributed by atoms with E-state index in [0.29, 0.717) is 0 Å². The molecule has 0 saturated carbocycles. The molecule has 1 nitrogen and oxygen atoms in total. The number of rotatable bonds is 2. The lowest BCUT2D eigenvalue weighted by atomic mass is 10.0. The van der Waals surface area contributed by atoms with E-state index in [4.69, 9.17) is 0 Å². The van der Waals surface area contributed by atoms with Crippen LogP contribution in [0, 0.1) is 0 Å². The first-order chi connectivity index (χ1) is 7.90. The van der Waals surface area contributed by atoms with E-state index in [9.17, 15) is 0 Å². The molecule has 1 heterocycles. The van der Waals surface area contributed by atoms with E-state index in [2.05, 4.69) is 36.2 Å². The zero-order valence-electron chi connectivity index (χ0n) is 10.3. The van der Waals surface area contributed by atoms with Gasteiger partial charge in [0.05, 0.1) is 0 Å². The number of aromatic nitrogens is 1. The fraction of sp³-hybridized carbons (Fsp3) is 0.267. The second kappa shape index (κ2) is 6.78. The van der Waals surface area contributed by atoms with Crippen LogP contribution in [0.2, 0.25) is 0 Å². The predicted molar refractivity (Wildman–Crippen MR) is 70.4 cm³/mol. The number of hydrogen-bond donors (Lipinski definition) is 0. The number of pyridine rings is 1. The van der Waals surface area contributed by atoms with Crippen LogP contribution in [0.3, 0.4) is 0 Å². The molecule has 0 bridgehead atoms. The minimum Gasteiger partial charge on any atom is -0.265 e. The molecule has 1 heteroatoms. The topological polar surface area (TPSA) is 12.9 Å². The summed E-state index contributed by atoms with van der Waals surface area (Å²) in [4.78, 5) is 4.01. The summed E-state index contributed by atoms with van der Waals surface area (Å²) in [6, 6.07) is 12.7. The number of benzene rings is 1. The van der Waals surface area contributed by atoms with Crippen LogP contribution >= 0.6 is 0 Å². The first kappa shape index (κ1) is 12.4. The van der Waals surface area contributed by atoms with Gasteiger partial charge in [0, 0.05) is 12.4 Å². The van der Waals surface area contributed by atoms with Crippen LogP contribution in [0.5, 0.6) is 0 Å². The molecule has 1 aromatic carbocycles. The Morgan fingerprint density at radius 2 is 1.62 bits per heavy atom. The molecule has 0 atom stereocenters. The molecule has 1 aromatic heterocycles. The fourth-order valence-electron chi connectivity index (χ4n) is 1.52. The van der Waals surface area contributed by atoms with Crippen molar-refractivity contribution >= 4 is 0 Å². The third-order valence-corrected chi connectivity index (χ3v) is 2.35. The highest BCUT2D eigenvalue weighted by Gasteiger charge is 1.96. The Bertz CT molecular complexity index is 407. The maximum absolute atomic E-state index is 4.01. The molecule has 84 valence electrons. The molecule has 0 aliphatic carbocycles. The van der Waals surface area contributed by atoms with Crippen molar-refractivity contribution in [2.45, 2.75) is 27.2 Å². The Balaban J connectivity index is 0.000000606. The smallest absolute Gasteiger partial charge is 0.0273 e. The summed E-state index contributed by atoms with van der Waals surface area (Å²) in [6.45, 7) is 6.17. The zero-order chi connectivity index (χ0) is 11.8. The molecule has 0 unspecified atom stereocenters. The van der Waals surface area contributed by atoms with Crippen molar-refractivity contribution < 1.29 is 0 Å². The zero-order valence-corrected chi connectivity index (χ0v) is 10.3. The van der Waals surface area contributed by atoms with Crippen LogP contribution in [0.15, 0.2) is 48.8 Å². The Kier molecular flexibility index (Phi) is 5.27. The van der Waals surface area contributed by atoms with Gasteiger partial charge in [-0.15, -0.1) is 0 Å². The molecule has 2 aromatic rings. The SMILES string of the molecule is CC.CCc1cccc(-c2ccncc2)c1. The summed E-state index contributed by atoms with van der Waals surface area (Å²) in [6.07, 6.45) is 4.74. The van der Waals surface area contributed by atoms with Gasteiger partial charge in [-0.1, -0.05) is 45.0 Å². The molecular formula is C15H19N. The standard InChI is InChI=1S/C13H13N.C2H6/c1-2-11-4-3-5-13(10-11)12-6-8-14-9-7-12;1-2/h3-10H,2H2,1H3;1-2H3. The lowest BCUT2D eigenvalue weighted by molar-refractivity contribution is 1.14. The molecule has 0 radical (unpaired) electrons. The number of hydrogen-bond acceptors (Lipinski definition) is 1. The van der Waals surface area contributed by atoms with Gasteiger partial charge < -0.3 is 0 Å². The van der Waals surface area contributed by atoms with Crippen molar-refractivity contribution in [1.29, 1.82) is 0 Å². The van der Waals surface area contributed by atoms with Gasteiger partial charge in [0.15, 0.2) is 0 Å². The molecule has 0 saturated heterocycles. The molecule has 0 N–H and O–H groups in total. The summed E-state index contributed by atoms with van der Waals surface area (Å²) < 4.78 is 0. The highest BCUT2D eigenvalue weighted by atomic mass is 14.6. The molecular weight excluding hydrogens is 194 g/mol. The lowest BCUT2D eigenvalue weighted by Gasteiger charge is -2.02. The molecule has 0 aliphatic rings. The van der Waals surface area contributed by atoms with Crippen LogP contribution in [-0.2, 0) is 6.42 Å². The monoisotopic (exact) mass is 213 g/mol. The van der Waals surface area contributed by atoms with Crippen LogP contribution in [0.25, 0.3) is 11.1 Å². The Morgan fingerprint density at radius 3 is 2.25 bits per heavy atom. The molecule has 0 fully saturated rings.